The van der Waals surface area contributed by atoms with Gasteiger partial charge in [-0.1, -0.05) is 36.4 Å². The van der Waals surface area contributed by atoms with Crippen LogP contribution in [-0.4, -0.2) is 22.9 Å². The minimum atomic E-state index is -0.344. The van der Waals surface area contributed by atoms with Crippen LogP contribution in [0.25, 0.3) is 0 Å². The number of nitrogens with one attached hydrogen (secondary N) is 1. The Labute approximate surface area is 113 Å². The van der Waals surface area contributed by atoms with Gasteiger partial charge in [0.15, 0.2) is 0 Å². The minimum Gasteiger partial charge on any atom is -0.331 e. The Hall–Kier alpha value is -2.10. The lowest BCUT2D eigenvalue weighted by atomic mass is 10.1. The van der Waals surface area contributed by atoms with Crippen molar-refractivity contribution >= 4 is 11.9 Å². The summed E-state index contributed by atoms with van der Waals surface area (Å²) >= 11 is 0. The normalized spacial score (nSPS) is 20.2. The Morgan fingerprint density at radius 2 is 2.16 bits per heavy atom. The number of nitrogens with zero attached hydrogens (tertiary/aromatic N) is 1. The zero-order valence-electron chi connectivity index (χ0n) is 11.0. The van der Waals surface area contributed by atoms with Gasteiger partial charge >= 0.3 is 6.03 Å². The molecule has 1 aliphatic rings. The summed E-state index contributed by atoms with van der Waals surface area (Å²) < 4.78 is 0. The molecular formula is C15H18N2O2. The summed E-state index contributed by atoms with van der Waals surface area (Å²) in [4.78, 5) is 25.1. The zero-order valence-corrected chi connectivity index (χ0v) is 11.0. The average molecular weight is 258 g/mol. The van der Waals surface area contributed by atoms with E-state index in [-0.39, 0.29) is 24.0 Å². The van der Waals surface area contributed by atoms with Gasteiger partial charge < -0.3 is 5.32 Å². The fraction of sp³-hybridized carbons (Fsp3) is 0.333. The van der Waals surface area contributed by atoms with Crippen LogP contribution in [0.4, 0.5) is 4.79 Å². The molecule has 0 unspecified atom stereocenters. The first-order valence-electron chi connectivity index (χ1n) is 6.43. The molecule has 1 saturated heterocycles. The molecule has 100 valence electrons. The first kappa shape index (κ1) is 13.3. The van der Waals surface area contributed by atoms with E-state index in [2.05, 4.69) is 11.9 Å². The molecular weight excluding hydrogens is 240 g/mol. The Bertz CT molecular complexity index is 484. The highest BCUT2D eigenvalue weighted by Gasteiger charge is 2.34. The predicted molar refractivity (Wildman–Crippen MR) is 73.5 cm³/mol. The van der Waals surface area contributed by atoms with Gasteiger partial charge in [0.2, 0.25) is 5.91 Å². The van der Waals surface area contributed by atoms with Crippen molar-refractivity contribution in [1.82, 2.24) is 10.2 Å². The van der Waals surface area contributed by atoms with E-state index in [9.17, 15) is 9.59 Å². The SMILES string of the molecule is C=C[C@H]1CCC(=O)N1C(=O)N[C@H](C)c1ccccc1. The summed E-state index contributed by atoms with van der Waals surface area (Å²) in [6.45, 7) is 5.57. The maximum atomic E-state index is 12.2. The maximum Gasteiger partial charge on any atom is 0.325 e. The third-order valence-corrected chi connectivity index (χ3v) is 3.38. The van der Waals surface area contributed by atoms with Crippen LogP contribution in [0, 0.1) is 0 Å². The number of rotatable bonds is 3. The van der Waals surface area contributed by atoms with Crippen molar-refractivity contribution in [2.75, 3.05) is 0 Å². The van der Waals surface area contributed by atoms with Crippen molar-refractivity contribution in [3.8, 4) is 0 Å². The maximum absolute atomic E-state index is 12.2. The molecule has 1 aromatic carbocycles. The molecule has 4 heteroatoms. The number of carbonyl (C=O) groups is 2. The second-order valence-electron chi connectivity index (χ2n) is 4.69. The Kier molecular flexibility index (Phi) is 4.00. The number of likely N-dealkylation sites (tertiary alicyclic amines) is 1. The van der Waals surface area contributed by atoms with Gasteiger partial charge in [-0.2, -0.15) is 0 Å². The van der Waals surface area contributed by atoms with Crippen molar-refractivity contribution < 1.29 is 9.59 Å². The van der Waals surface area contributed by atoms with E-state index in [1.165, 1.54) is 4.90 Å². The van der Waals surface area contributed by atoms with Gasteiger partial charge in [-0.25, -0.2) is 4.79 Å². The summed E-state index contributed by atoms with van der Waals surface area (Å²) in [5.74, 6) is -0.136. The fourth-order valence-electron chi connectivity index (χ4n) is 2.27. The lowest BCUT2D eigenvalue weighted by molar-refractivity contribution is -0.125. The number of imide groups is 1. The molecule has 0 bridgehead atoms. The second kappa shape index (κ2) is 5.69. The van der Waals surface area contributed by atoms with Gasteiger partial charge in [0.05, 0.1) is 12.1 Å². The summed E-state index contributed by atoms with van der Waals surface area (Å²) in [5.41, 5.74) is 1.01. The summed E-state index contributed by atoms with van der Waals surface area (Å²) in [6, 6.07) is 9.00. The van der Waals surface area contributed by atoms with Gasteiger partial charge in [0.25, 0.3) is 0 Å². The largest absolute Gasteiger partial charge is 0.331 e. The van der Waals surface area contributed by atoms with Gasteiger partial charge in [-0.15, -0.1) is 6.58 Å². The van der Waals surface area contributed by atoms with Crippen LogP contribution >= 0.6 is 0 Å². The quantitative estimate of drug-likeness (QED) is 0.847. The molecule has 0 radical (unpaired) electrons. The number of amides is 3. The fourth-order valence-corrected chi connectivity index (χ4v) is 2.27. The second-order valence-corrected chi connectivity index (χ2v) is 4.69. The molecule has 0 saturated carbocycles. The minimum absolute atomic E-state index is 0.132. The first-order valence-corrected chi connectivity index (χ1v) is 6.43. The highest BCUT2D eigenvalue weighted by Crippen LogP contribution is 2.20. The van der Waals surface area contributed by atoms with Gasteiger partial charge in [0.1, 0.15) is 0 Å². The van der Waals surface area contributed by atoms with Gasteiger partial charge in [-0.05, 0) is 18.9 Å². The molecule has 2 rings (SSSR count). The van der Waals surface area contributed by atoms with Crippen LogP contribution < -0.4 is 5.32 Å². The number of hydrogen-bond donors (Lipinski definition) is 1. The van der Waals surface area contributed by atoms with E-state index in [0.717, 1.165) is 5.56 Å². The molecule has 1 heterocycles. The number of hydrogen-bond acceptors (Lipinski definition) is 2. The molecule has 4 nitrogen and oxygen atoms in total. The number of carbonyl (C=O) groups excluding carboxylic acids is 2. The average Bonchev–Trinajstić information content (AvgIpc) is 2.80. The molecule has 0 aromatic heterocycles. The molecule has 1 aromatic rings. The number of benzene rings is 1. The van der Waals surface area contributed by atoms with Crippen molar-refractivity contribution in [1.29, 1.82) is 0 Å². The summed E-state index contributed by atoms with van der Waals surface area (Å²) in [5, 5.41) is 2.85. The van der Waals surface area contributed by atoms with E-state index in [0.29, 0.717) is 12.8 Å². The highest BCUT2D eigenvalue weighted by atomic mass is 16.2. The van der Waals surface area contributed by atoms with E-state index < -0.39 is 0 Å². The Morgan fingerprint density at radius 3 is 2.79 bits per heavy atom. The molecule has 3 amide bonds. The molecule has 1 fully saturated rings. The van der Waals surface area contributed by atoms with Crippen molar-refractivity contribution in [2.45, 2.75) is 31.8 Å². The highest BCUT2D eigenvalue weighted by molar-refractivity contribution is 5.96. The molecule has 19 heavy (non-hydrogen) atoms. The van der Waals surface area contributed by atoms with Crippen LogP contribution in [0.2, 0.25) is 0 Å². The molecule has 1 N–H and O–H groups in total. The van der Waals surface area contributed by atoms with Crippen LogP contribution in [0.3, 0.4) is 0 Å². The van der Waals surface area contributed by atoms with E-state index >= 15 is 0 Å². The van der Waals surface area contributed by atoms with E-state index in [4.69, 9.17) is 0 Å². The topological polar surface area (TPSA) is 49.4 Å². The molecule has 0 aliphatic carbocycles. The first-order chi connectivity index (χ1) is 9.13. The summed E-state index contributed by atoms with van der Waals surface area (Å²) in [6.07, 6.45) is 2.72. The van der Waals surface area contributed by atoms with E-state index in [1.807, 2.05) is 37.3 Å². The Morgan fingerprint density at radius 1 is 1.47 bits per heavy atom. The Balaban J connectivity index is 2.05. The standard InChI is InChI=1S/C15H18N2O2/c1-3-13-9-10-14(18)17(13)15(19)16-11(2)12-7-5-4-6-8-12/h3-8,11,13H,1,9-10H2,2H3,(H,16,19)/t11-,13+/m1/s1. The van der Waals surface area contributed by atoms with Gasteiger partial charge in [0, 0.05) is 6.42 Å². The molecule has 2 atom stereocenters. The predicted octanol–water partition coefficient (Wildman–Crippen LogP) is 2.63. The third kappa shape index (κ3) is 2.84. The van der Waals surface area contributed by atoms with Crippen molar-refractivity contribution in [3.05, 3.63) is 48.6 Å². The van der Waals surface area contributed by atoms with Crippen molar-refractivity contribution in [3.63, 3.8) is 0 Å². The van der Waals surface area contributed by atoms with Crippen LogP contribution in [0.1, 0.15) is 31.4 Å². The lowest BCUT2D eigenvalue weighted by Crippen LogP contribution is -2.45. The van der Waals surface area contributed by atoms with Crippen LogP contribution in [-0.2, 0) is 4.79 Å². The molecule has 0 spiro atoms. The smallest absolute Gasteiger partial charge is 0.325 e. The molecule has 1 aliphatic heterocycles. The number of urea groups is 1. The monoisotopic (exact) mass is 258 g/mol. The zero-order chi connectivity index (χ0) is 13.8. The van der Waals surface area contributed by atoms with Crippen LogP contribution in [0.15, 0.2) is 43.0 Å². The van der Waals surface area contributed by atoms with E-state index in [1.54, 1.807) is 6.08 Å². The summed E-state index contributed by atoms with van der Waals surface area (Å²) in [7, 11) is 0. The third-order valence-electron chi connectivity index (χ3n) is 3.38. The van der Waals surface area contributed by atoms with Gasteiger partial charge in [-0.3, -0.25) is 9.69 Å². The van der Waals surface area contributed by atoms with Crippen molar-refractivity contribution in [2.24, 2.45) is 0 Å². The van der Waals surface area contributed by atoms with Crippen LogP contribution in [0.5, 0.6) is 0 Å². The lowest BCUT2D eigenvalue weighted by Gasteiger charge is -2.23.